The molecule has 1 atom stereocenters. The Hall–Kier alpha value is -1.06. The minimum atomic E-state index is 0.195. The van der Waals surface area contributed by atoms with E-state index in [1.807, 2.05) is 0 Å². The van der Waals surface area contributed by atoms with Crippen LogP contribution in [0.15, 0.2) is 24.3 Å². The Balaban J connectivity index is 2.37. The maximum Gasteiger partial charge on any atom is 0.0663 e. The molecule has 0 aliphatic carbocycles. The molecule has 0 amide bonds. The van der Waals surface area contributed by atoms with Crippen molar-refractivity contribution >= 4 is 5.69 Å². The molecule has 0 spiro atoms. The van der Waals surface area contributed by atoms with E-state index in [4.69, 9.17) is 4.74 Å². The number of hydrogen-bond acceptors (Lipinski definition) is 3. The predicted octanol–water partition coefficient (Wildman–Crippen LogP) is 3.19. The van der Waals surface area contributed by atoms with Crippen molar-refractivity contribution in [3.8, 4) is 0 Å². The highest BCUT2D eigenvalue weighted by Gasteiger charge is 2.33. The zero-order valence-corrected chi connectivity index (χ0v) is 13.3. The fourth-order valence-corrected chi connectivity index (χ4v) is 3.14. The minimum Gasteiger partial charge on any atom is -0.383 e. The molecule has 1 aliphatic rings. The fraction of sp³-hybridized carbons (Fsp3) is 0.647. The van der Waals surface area contributed by atoms with Crippen LogP contribution in [0.4, 0.5) is 5.69 Å². The van der Waals surface area contributed by atoms with Gasteiger partial charge in [-0.15, -0.1) is 0 Å². The summed E-state index contributed by atoms with van der Waals surface area (Å²) in [7, 11) is 1.78. The lowest BCUT2D eigenvalue weighted by Gasteiger charge is -2.39. The molecule has 0 bridgehead atoms. The summed E-state index contributed by atoms with van der Waals surface area (Å²) in [4.78, 5) is 2.52. The van der Waals surface area contributed by atoms with Crippen molar-refractivity contribution in [1.82, 2.24) is 5.32 Å². The van der Waals surface area contributed by atoms with E-state index >= 15 is 0 Å². The van der Waals surface area contributed by atoms with E-state index in [0.717, 1.165) is 32.5 Å². The summed E-state index contributed by atoms with van der Waals surface area (Å²) in [6.45, 7) is 9.58. The molecular weight excluding hydrogens is 248 g/mol. The van der Waals surface area contributed by atoms with Crippen molar-refractivity contribution in [2.24, 2.45) is 0 Å². The Bertz CT molecular complexity index is 429. The number of anilines is 1. The molecule has 1 aliphatic heterocycles. The van der Waals surface area contributed by atoms with Crippen molar-refractivity contribution in [2.75, 3.05) is 25.2 Å². The van der Waals surface area contributed by atoms with Gasteiger partial charge < -0.3 is 15.0 Å². The van der Waals surface area contributed by atoms with E-state index in [1.54, 1.807) is 7.11 Å². The number of fused-ring (bicyclic) bond motifs is 1. The van der Waals surface area contributed by atoms with Crippen LogP contribution in [-0.4, -0.2) is 31.8 Å². The van der Waals surface area contributed by atoms with Gasteiger partial charge in [-0.1, -0.05) is 32.0 Å². The summed E-state index contributed by atoms with van der Waals surface area (Å²) in [5.41, 5.74) is 2.94. The average molecular weight is 276 g/mol. The smallest absolute Gasteiger partial charge is 0.0663 e. The van der Waals surface area contributed by atoms with Gasteiger partial charge in [0.25, 0.3) is 0 Å². The van der Waals surface area contributed by atoms with Crippen molar-refractivity contribution in [2.45, 2.75) is 51.7 Å². The summed E-state index contributed by atoms with van der Waals surface area (Å²) in [5, 5.41) is 3.80. The Kier molecular flexibility index (Phi) is 5.06. The maximum absolute atomic E-state index is 5.39. The van der Waals surface area contributed by atoms with E-state index in [1.165, 1.54) is 11.3 Å². The minimum absolute atomic E-state index is 0.195. The number of para-hydroxylation sites is 1. The highest BCUT2D eigenvalue weighted by molar-refractivity contribution is 5.55. The molecule has 2 rings (SSSR count). The van der Waals surface area contributed by atoms with Crippen LogP contribution in [0.2, 0.25) is 0 Å². The number of methoxy groups -OCH3 is 1. The molecule has 0 fully saturated rings. The van der Waals surface area contributed by atoms with Crippen molar-refractivity contribution in [3.05, 3.63) is 29.8 Å². The van der Waals surface area contributed by atoms with E-state index in [9.17, 15) is 0 Å². The van der Waals surface area contributed by atoms with Crippen LogP contribution in [0.5, 0.6) is 0 Å². The van der Waals surface area contributed by atoms with Crippen molar-refractivity contribution in [3.63, 3.8) is 0 Å². The van der Waals surface area contributed by atoms with Crippen LogP contribution >= 0.6 is 0 Å². The van der Waals surface area contributed by atoms with Crippen LogP contribution < -0.4 is 10.2 Å². The number of hydrogen-bond donors (Lipinski definition) is 1. The molecule has 1 N–H and O–H groups in total. The van der Waals surface area contributed by atoms with Gasteiger partial charge in [-0.2, -0.15) is 0 Å². The van der Waals surface area contributed by atoms with Gasteiger partial charge in [0.15, 0.2) is 0 Å². The largest absolute Gasteiger partial charge is 0.383 e. The fourth-order valence-electron chi connectivity index (χ4n) is 3.14. The van der Waals surface area contributed by atoms with Gasteiger partial charge in [0.2, 0.25) is 0 Å². The van der Waals surface area contributed by atoms with E-state index in [2.05, 4.69) is 55.3 Å². The lowest BCUT2D eigenvalue weighted by Crippen LogP contribution is -2.53. The molecule has 3 heteroatoms. The molecule has 112 valence electrons. The molecule has 1 unspecified atom stereocenters. The van der Waals surface area contributed by atoms with Crippen LogP contribution in [-0.2, 0) is 11.3 Å². The first kappa shape index (κ1) is 15.3. The zero-order valence-electron chi connectivity index (χ0n) is 13.3. The molecule has 0 saturated carbocycles. The summed E-state index contributed by atoms with van der Waals surface area (Å²) in [6.07, 6.45) is 2.29. The van der Waals surface area contributed by atoms with Crippen LogP contribution in [0.3, 0.4) is 0 Å². The molecule has 1 aromatic carbocycles. The summed E-state index contributed by atoms with van der Waals surface area (Å²) in [6, 6.07) is 9.13. The van der Waals surface area contributed by atoms with Crippen LogP contribution in [0.1, 0.15) is 39.2 Å². The summed E-state index contributed by atoms with van der Waals surface area (Å²) >= 11 is 0. The van der Waals surface area contributed by atoms with Crippen LogP contribution in [0, 0.1) is 0 Å². The molecular formula is C17H28N2O. The second-order valence-electron chi connectivity index (χ2n) is 5.90. The van der Waals surface area contributed by atoms with Gasteiger partial charge in [-0.05, 0) is 31.4 Å². The Morgan fingerprint density at radius 3 is 2.65 bits per heavy atom. The number of nitrogens with zero attached hydrogens (tertiary/aromatic N) is 1. The third-order valence-corrected chi connectivity index (χ3v) is 4.72. The normalized spacial score (nSPS) is 19.3. The third-order valence-electron chi connectivity index (χ3n) is 4.72. The second-order valence-corrected chi connectivity index (χ2v) is 5.90. The molecule has 0 radical (unpaired) electrons. The van der Waals surface area contributed by atoms with Crippen molar-refractivity contribution < 1.29 is 4.74 Å². The first-order valence-corrected chi connectivity index (χ1v) is 7.74. The van der Waals surface area contributed by atoms with Gasteiger partial charge in [0.1, 0.15) is 0 Å². The SMILES string of the molecule is CCC1(CC)CN(C(C)COC)c2ccccc2CN1. The van der Waals surface area contributed by atoms with Crippen LogP contribution in [0.25, 0.3) is 0 Å². The highest BCUT2D eigenvalue weighted by atomic mass is 16.5. The lowest BCUT2D eigenvalue weighted by atomic mass is 9.92. The van der Waals surface area contributed by atoms with Gasteiger partial charge in [0.05, 0.1) is 6.61 Å². The summed E-state index contributed by atoms with van der Waals surface area (Å²) in [5.74, 6) is 0. The third kappa shape index (κ3) is 2.99. The Morgan fingerprint density at radius 2 is 2.00 bits per heavy atom. The molecule has 1 heterocycles. The monoisotopic (exact) mass is 276 g/mol. The number of benzene rings is 1. The number of nitrogens with one attached hydrogen (secondary N) is 1. The quantitative estimate of drug-likeness (QED) is 0.894. The first-order valence-electron chi connectivity index (χ1n) is 7.74. The Labute approximate surface area is 123 Å². The molecule has 1 aromatic rings. The Morgan fingerprint density at radius 1 is 1.30 bits per heavy atom. The van der Waals surface area contributed by atoms with E-state index in [-0.39, 0.29) is 5.54 Å². The van der Waals surface area contributed by atoms with E-state index < -0.39 is 0 Å². The topological polar surface area (TPSA) is 24.5 Å². The van der Waals surface area contributed by atoms with Crippen molar-refractivity contribution in [1.29, 1.82) is 0 Å². The predicted molar refractivity (Wildman–Crippen MR) is 85.3 cm³/mol. The molecule has 20 heavy (non-hydrogen) atoms. The number of rotatable bonds is 5. The lowest BCUT2D eigenvalue weighted by molar-refractivity contribution is 0.177. The first-order chi connectivity index (χ1) is 9.65. The zero-order chi connectivity index (χ0) is 14.6. The highest BCUT2D eigenvalue weighted by Crippen LogP contribution is 2.30. The molecule has 3 nitrogen and oxygen atoms in total. The summed E-state index contributed by atoms with van der Waals surface area (Å²) < 4.78 is 5.39. The van der Waals surface area contributed by atoms with Gasteiger partial charge in [0, 0.05) is 37.5 Å². The van der Waals surface area contributed by atoms with Gasteiger partial charge >= 0.3 is 0 Å². The maximum atomic E-state index is 5.39. The van der Waals surface area contributed by atoms with Gasteiger partial charge in [-0.25, -0.2) is 0 Å². The average Bonchev–Trinajstić information content (AvgIpc) is 2.65. The molecule has 0 aromatic heterocycles. The second kappa shape index (κ2) is 6.59. The van der Waals surface area contributed by atoms with E-state index in [0.29, 0.717) is 6.04 Å². The molecule has 0 saturated heterocycles. The standard InChI is InChI=1S/C17H28N2O/c1-5-17(6-2)13-19(14(3)12-20-4)16-10-8-7-9-15(16)11-18-17/h7-10,14,18H,5-6,11-13H2,1-4H3. The number of ether oxygens (including phenoxy) is 1. The van der Waals surface area contributed by atoms with Gasteiger partial charge in [-0.3, -0.25) is 0 Å².